The van der Waals surface area contributed by atoms with Crippen LogP contribution >= 0.6 is 23.2 Å². The van der Waals surface area contributed by atoms with E-state index in [1.165, 1.54) is 0 Å². The van der Waals surface area contributed by atoms with Crippen molar-refractivity contribution >= 4 is 29.2 Å². The minimum absolute atomic E-state index is 0.197. The first-order valence-corrected chi connectivity index (χ1v) is 4.61. The molecule has 0 radical (unpaired) electrons. The van der Waals surface area contributed by atoms with E-state index in [1.54, 1.807) is 18.2 Å². The van der Waals surface area contributed by atoms with Crippen LogP contribution < -0.4 is 0 Å². The molecule has 2 N–H and O–H groups in total. The fourth-order valence-corrected chi connectivity index (χ4v) is 1.49. The summed E-state index contributed by atoms with van der Waals surface area (Å²) >= 11 is 11.5. The van der Waals surface area contributed by atoms with Gasteiger partial charge in [-0.05, 0) is 6.07 Å². The number of halogens is 2. The van der Waals surface area contributed by atoms with Crippen molar-refractivity contribution in [3.63, 3.8) is 0 Å². The van der Waals surface area contributed by atoms with Gasteiger partial charge in [0.05, 0.1) is 22.6 Å². The SMILES string of the molecule is O=C(O)CC(O)c1cccc(Cl)c1Cl. The van der Waals surface area contributed by atoms with Gasteiger partial charge in [0.2, 0.25) is 0 Å². The van der Waals surface area contributed by atoms with Crippen molar-refractivity contribution in [3.8, 4) is 0 Å². The highest BCUT2D eigenvalue weighted by molar-refractivity contribution is 6.42. The molecule has 0 bridgehead atoms. The largest absolute Gasteiger partial charge is 0.481 e. The van der Waals surface area contributed by atoms with Crippen molar-refractivity contribution < 1.29 is 15.0 Å². The van der Waals surface area contributed by atoms with Gasteiger partial charge in [0.15, 0.2) is 0 Å². The second kappa shape index (κ2) is 4.64. The average Bonchev–Trinajstić information content (AvgIpc) is 2.08. The minimum atomic E-state index is -1.13. The van der Waals surface area contributed by atoms with Gasteiger partial charge in [-0.2, -0.15) is 0 Å². The van der Waals surface area contributed by atoms with E-state index in [4.69, 9.17) is 28.3 Å². The smallest absolute Gasteiger partial charge is 0.306 e. The molecule has 0 aliphatic rings. The number of hydrogen-bond acceptors (Lipinski definition) is 2. The van der Waals surface area contributed by atoms with E-state index in [-0.39, 0.29) is 11.4 Å². The summed E-state index contributed by atoms with van der Waals surface area (Å²) < 4.78 is 0. The first-order chi connectivity index (χ1) is 6.52. The summed E-state index contributed by atoms with van der Waals surface area (Å²) in [5, 5.41) is 18.4. The second-order valence-corrected chi connectivity index (χ2v) is 3.54. The maximum atomic E-state index is 10.3. The van der Waals surface area contributed by atoms with Gasteiger partial charge in [0, 0.05) is 5.56 Å². The molecule has 3 nitrogen and oxygen atoms in total. The van der Waals surface area contributed by atoms with Crippen LogP contribution in [0.25, 0.3) is 0 Å². The van der Waals surface area contributed by atoms with Crippen LogP contribution in [-0.2, 0) is 4.79 Å². The summed E-state index contributed by atoms with van der Waals surface area (Å²) in [6.45, 7) is 0. The Balaban J connectivity index is 2.95. The number of carboxylic acid groups (broad SMARTS) is 1. The van der Waals surface area contributed by atoms with Gasteiger partial charge >= 0.3 is 5.97 Å². The predicted octanol–water partition coefficient (Wildman–Crippen LogP) is 2.50. The molecule has 0 amide bonds. The Bertz CT molecular complexity index is 352. The van der Waals surface area contributed by atoms with Crippen molar-refractivity contribution in [2.75, 3.05) is 0 Å². The average molecular weight is 235 g/mol. The highest BCUT2D eigenvalue weighted by atomic mass is 35.5. The Kier molecular flexibility index (Phi) is 3.75. The molecular formula is C9H8Cl2O3. The normalized spacial score (nSPS) is 12.5. The van der Waals surface area contributed by atoms with E-state index in [0.29, 0.717) is 10.6 Å². The van der Waals surface area contributed by atoms with E-state index in [2.05, 4.69) is 0 Å². The molecule has 1 unspecified atom stereocenters. The van der Waals surface area contributed by atoms with E-state index in [0.717, 1.165) is 0 Å². The molecule has 0 saturated carbocycles. The molecule has 0 heterocycles. The monoisotopic (exact) mass is 234 g/mol. The van der Waals surface area contributed by atoms with Crippen LogP contribution in [0.1, 0.15) is 18.1 Å². The molecular weight excluding hydrogens is 227 g/mol. The molecule has 1 rings (SSSR count). The third kappa shape index (κ3) is 2.61. The summed E-state index contributed by atoms with van der Waals surface area (Å²) in [5.74, 6) is -1.09. The summed E-state index contributed by atoms with van der Waals surface area (Å²) in [6, 6.07) is 4.72. The van der Waals surface area contributed by atoms with Crippen LogP contribution in [0.15, 0.2) is 18.2 Å². The fourth-order valence-electron chi connectivity index (χ4n) is 1.05. The molecule has 0 aliphatic heterocycles. The van der Waals surface area contributed by atoms with Gasteiger partial charge in [0.1, 0.15) is 0 Å². The van der Waals surface area contributed by atoms with Gasteiger partial charge in [0.25, 0.3) is 0 Å². The molecule has 0 spiro atoms. The zero-order chi connectivity index (χ0) is 10.7. The third-order valence-corrected chi connectivity index (χ3v) is 2.54. The first-order valence-electron chi connectivity index (χ1n) is 3.86. The van der Waals surface area contributed by atoms with Crippen molar-refractivity contribution in [1.29, 1.82) is 0 Å². The van der Waals surface area contributed by atoms with Crippen molar-refractivity contribution in [2.45, 2.75) is 12.5 Å². The second-order valence-electron chi connectivity index (χ2n) is 2.76. The lowest BCUT2D eigenvalue weighted by molar-refractivity contribution is -0.139. The van der Waals surface area contributed by atoms with Crippen LogP contribution in [0.2, 0.25) is 10.0 Å². The minimum Gasteiger partial charge on any atom is -0.481 e. The lowest BCUT2D eigenvalue weighted by Crippen LogP contribution is -2.05. The van der Waals surface area contributed by atoms with Crippen molar-refractivity contribution in [2.24, 2.45) is 0 Å². The van der Waals surface area contributed by atoms with E-state index < -0.39 is 12.1 Å². The Hall–Kier alpha value is -0.770. The number of rotatable bonds is 3. The number of aliphatic carboxylic acids is 1. The van der Waals surface area contributed by atoms with Gasteiger partial charge in [-0.15, -0.1) is 0 Å². The molecule has 0 fully saturated rings. The van der Waals surface area contributed by atoms with Crippen LogP contribution in [0.4, 0.5) is 0 Å². The number of benzene rings is 1. The Labute approximate surface area is 90.9 Å². The molecule has 5 heteroatoms. The third-order valence-electron chi connectivity index (χ3n) is 1.71. The predicted molar refractivity (Wildman–Crippen MR) is 53.7 cm³/mol. The zero-order valence-electron chi connectivity index (χ0n) is 7.08. The lowest BCUT2D eigenvalue weighted by atomic mass is 10.1. The number of aliphatic hydroxyl groups is 1. The molecule has 0 saturated heterocycles. The molecule has 1 atom stereocenters. The maximum Gasteiger partial charge on any atom is 0.306 e. The number of hydrogen-bond donors (Lipinski definition) is 2. The standard InChI is InChI=1S/C9H8Cl2O3/c10-6-3-1-2-5(9(6)11)7(12)4-8(13)14/h1-3,7,12H,4H2,(H,13,14). The highest BCUT2D eigenvalue weighted by Gasteiger charge is 2.16. The molecule has 76 valence electrons. The van der Waals surface area contributed by atoms with E-state index >= 15 is 0 Å². The van der Waals surface area contributed by atoms with Gasteiger partial charge in [-0.3, -0.25) is 4.79 Å². The molecule has 1 aromatic carbocycles. The number of carbonyl (C=O) groups is 1. The summed E-state index contributed by atoms with van der Waals surface area (Å²) in [4.78, 5) is 10.3. The first kappa shape index (κ1) is 11.3. The molecule has 14 heavy (non-hydrogen) atoms. The highest BCUT2D eigenvalue weighted by Crippen LogP contribution is 2.31. The van der Waals surface area contributed by atoms with Gasteiger partial charge in [-0.1, -0.05) is 35.3 Å². The maximum absolute atomic E-state index is 10.3. The zero-order valence-corrected chi connectivity index (χ0v) is 8.59. The Morgan fingerprint density at radius 3 is 2.64 bits per heavy atom. The lowest BCUT2D eigenvalue weighted by Gasteiger charge is -2.10. The Morgan fingerprint density at radius 1 is 1.43 bits per heavy atom. The van der Waals surface area contributed by atoms with Gasteiger partial charge in [-0.25, -0.2) is 0 Å². The van der Waals surface area contributed by atoms with Crippen molar-refractivity contribution in [1.82, 2.24) is 0 Å². The molecule has 0 aromatic heterocycles. The van der Waals surface area contributed by atoms with Crippen LogP contribution in [-0.4, -0.2) is 16.2 Å². The van der Waals surface area contributed by atoms with Gasteiger partial charge < -0.3 is 10.2 Å². The van der Waals surface area contributed by atoms with Crippen molar-refractivity contribution in [3.05, 3.63) is 33.8 Å². The van der Waals surface area contributed by atoms with E-state index in [9.17, 15) is 9.90 Å². The molecule has 1 aromatic rings. The summed E-state index contributed by atoms with van der Waals surface area (Å²) in [7, 11) is 0. The topological polar surface area (TPSA) is 57.5 Å². The fraction of sp³-hybridized carbons (Fsp3) is 0.222. The number of carboxylic acids is 1. The quantitative estimate of drug-likeness (QED) is 0.846. The summed E-state index contributed by atoms with van der Waals surface area (Å²) in [6.07, 6.45) is -1.52. The Morgan fingerprint density at radius 2 is 2.07 bits per heavy atom. The number of aliphatic hydroxyl groups excluding tert-OH is 1. The van der Waals surface area contributed by atoms with E-state index in [1.807, 2.05) is 0 Å². The van der Waals surface area contributed by atoms with Crippen LogP contribution in [0.5, 0.6) is 0 Å². The van der Waals surface area contributed by atoms with Crippen LogP contribution in [0, 0.1) is 0 Å². The molecule has 0 aliphatic carbocycles. The summed E-state index contributed by atoms with van der Waals surface area (Å²) in [5.41, 5.74) is 0.335. The van der Waals surface area contributed by atoms with Crippen LogP contribution in [0.3, 0.4) is 0 Å².